The zero-order valence-corrected chi connectivity index (χ0v) is 9.36. The van der Waals surface area contributed by atoms with Crippen LogP contribution in [0.3, 0.4) is 0 Å². The van der Waals surface area contributed by atoms with E-state index in [0.717, 1.165) is 5.56 Å². The largest absolute Gasteiger partial charge is 0.445 e. The lowest BCUT2D eigenvalue weighted by molar-refractivity contribution is 0.0957. The van der Waals surface area contributed by atoms with Crippen LogP contribution in [-0.2, 0) is 11.3 Å². The van der Waals surface area contributed by atoms with Crippen LogP contribution in [0.25, 0.3) is 0 Å². The van der Waals surface area contributed by atoms with Gasteiger partial charge < -0.3 is 9.64 Å². The minimum Gasteiger partial charge on any atom is -0.445 e. The fourth-order valence-electron chi connectivity index (χ4n) is 1.29. The van der Waals surface area contributed by atoms with Crippen LogP contribution < -0.4 is 0 Å². The summed E-state index contributed by atoms with van der Waals surface area (Å²) in [6, 6.07) is 9.40. The van der Waals surface area contributed by atoms with Gasteiger partial charge in [0, 0.05) is 6.54 Å². The maximum atomic E-state index is 12.1. The van der Waals surface area contributed by atoms with Gasteiger partial charge in [-0.15, -0.1) is 0 Å². The molecule has 0 atom stereocenters. The van der Waals surface area contributed by atoms with E-state index in [1.165, 1.54) is 4.90 Å². The summed E-state index contributed by atoms with van der Waals surface area (Å²) in [6.45, 7) is 2.01. The smallest absolute Gasteiger partial charge is 0.410 e. The average Bonchev–Trinajstić information content (AvgIpc) is 2.34. The lowest BCUT2D eigenvalue weighted by Gasteiger charge is -2.18. The van der Waals surface area contributed by atoms with Gasteiger partial charge in [0.15, 0.2) is 0 Å². The van der Waals surface area contributed by atoms with Crippen molar-refractivity contribution < 1.29 is 13.9 Å². The van der Waals surface area contributed by atoms with Gasteiger partial charge in [0.1, 0.15) is 13.3 Å². The Hall–Kier alpha value is -1.58. The van der Waals surface area contributed by atoms with Gasteiger partial charge in [-0.1, -0.05) is 30.3 Å². The second-order valence-electron chi connectivity index (χ2n) is 3.31. The molecule has 0 unspecified atom stereocenters. The predicted octanol–water partition coefficient (Wildman–Crippen LogP) is 2.61. The fourth-order valence-corrected chi connectivity index (χ4v) is 1.29. The minimum atomic E-state index is -0.547. The first-order chi connectivity index (χ1) is 7.77. The topological polar surface area (TPSA) is 29.5 Å². The molecule has 0 radical (unpaired) electrons. The molecule has 0 aromatic heterocycles. The molecular formula is C12H16FNO2. The number of rotatable bonds is 5. The van der Waals surface area contributed by atoms with E-state index >= 15 is 0 Å². The summed E-state index contributed by atoms with van der Waals surface area (Å²) in [5.41, 5.74) is 0.923. The van der Waals surface area contributed by atoms with Crippen molar-refractivity contribution >= 4 is 6.09 Å². The Bertz CT molecular complexity index is 316. The van der Waals surface area contributed by atoms with E-state index in [1.807, 2.05) is 30.3 Å². The van der Waals surface area contributed by atoms with Gasteiger partial charge in [0.25, 0.3) is 0 Å². The van der Waals surface area contributed by atoms with Crippen LogP contribution in [0, 0.1) is 0 Å². The molecule has 0 aliphatic heterocycles. The molecule has 1 amide bonds. The Morgan fingerprint density at radius 3 is 2.62 bits per heavy atom. The number of amides is 1. The highest BCUT2D eigenvalue weighted by Crippen LogP contribution is 2.03. The van der Waals surface area contributed by atoms with Crippen LogP contribution in [0.1, 0.15) is 12.5 Å². The molecule has 0 saturated heterocycles. The van der Waals surface area contributed by atoms with Crippen molar-refractivity contribution in [1.82, 2.24) is 4.90 Å². The average molecular weight is 225 g/mol. The maximum Gasteiger partial charge on any atom is 0.410 e. The SMILES string of the molecule is CCN(CCF)C(=O)OCc1ccccc1. The second kappa shape index (κ2) is 6.82. The second-order valence-corrected chi connectivity index (χ2v) is 3.31. The van der Waals surface area contributed by atoms with E-state index in [1.54, 1.807) is 6.92 Å². The minimum absolute atomic E-state index is 0.0874. The zero-order chi connectivity index (χ0) is 11.8. The number of ether oxygens (including phenoxy) is 1. The van der Waals surface area contributed by atoms with Gasteiger partial charge in [-0.3, -0.25) is 0 Å². The summed E-state index contributed by atoms with van der Waals surface area (Å²) in [5, 5.41) is 0. The third-order valence-corrected chi connectivity index (χ3v) is 2.20. The first kappa shape index (κ1) is 12.5. The van der Waals surface area contributed by atoms with Crippen molar-refractivity contribution in [3.8, 4) is 0 Å². The van der Waals surface area contributed by atoms with Crippen molar-refractivity contribution in [3.05, 3.63) is 35.9 Å². The third-order valence-electron chi connectivity index (χ3n) is 2.20. The van der Waals surface area contributed by atoms with E-state index in [4.69, 9.17) is 4.74 Å². The van der Waals surface area contributed by atoms with E-state index < -0.39 is 12.8 Å². The Morgan fingerprint density at radius 2 is 2.06 bits per heavy atom. The molecule has 0 heterocycles. The van der Waals surface area contributed by atoms with Crippen LogP contribution in [0.15, 0.2) is 30.3 Å². The Kier molecular flexibility index (Phi) is 5.32. The van der Waals surface area contributed by atoms with Gasteiger partial charge in [-0.05, 0) is 12.5 Å². The molecule has 0 fully saturated rings. The molecule has 0 spiro atoms. The number of hydrogen-bond donors (Lipinski definition) is 0. The van der Waals surface area contributed by atoms with Gasteiger partial charge >= 0.3 is 6.09 Å². The monoisotopic (exact) mass is 225 g/mol. The van der Waals surface area contributed by atoms with Crippen LogP contribution in [0.5, 0.6) is 0 Å². The molecule has 0 aliphatic carbocycles. The fraction of sp³-hybridized carbons (Fsp3) is 0.417. The first-order valence-corrected chi connectivity index (χ1v) is 5.29. The van der Waals surface area contributed by atoms with Crippen LogP contribution in [0.4, 0.5) is 9.18 Å². The molecule has 1 aromatic carbocycles. The van der Waals surface area contributed by atoms with Crippen LogP contribution >= 0.6 is 0 Å². The van der Waals surface area contributed by atoms with E-state index in [0.29, 0.717) is 6.54 Å². The van der Waals surface area contributed by atoms with Crippen molar-refractivity contribution in [1.29, 1.82) is 0 Å². The van der Waals surface area contributed by atoms with E-state index in [2.05, 4.69) is 0 Å². The number of hydrogen-bond acceptors (Lipinski definition) is 2. The van der Waals surface area contributed by atoms with E-state index in [-0.39, 0.29) is 13.2 Å². The molecule has 0 saturated carbocycles. The first-order valence-electron chi connectivity index (χ1n) is 5.29. The van der Waals surface area contributed by atoms with Crippen molar-refractivity contribution in [2.24, 2.45) is 0 Å². The molecule has 16 heavy (non-hydrogen) atoms. The summed E-state index contributed by atoms with van der Waals surface area (Å²) in [6.07, 6.45) is -0.469. The molecule has 88 valence electrons. The van der Waals surface area contributed by atoms with Gasteiger partial charge in [-0.25, -0.2) is 9.18 Å². The maximum absolute atomic E-state index is 12.1. The Balaban J connectivity index is 2.40. The Morgan fingerprint density at radius 1 is 1.38 bits per heavy atom. The highest BCUT2D eigenvalue weighted by Gasteiger charge is 2.12. The standard InChI is InChI=1S/C12H16FNO2/c1-2-14(9-8-13)12(15)16-10-11-6-4-3-5-7-11/h3-7H,2,8-10H2,1H3. The molecule has 0 bridgehead atoms. The van der Waals surface area contributed by atoms with Gasteiger partial charge in [0.2, 0.25) is 0 Å². The number of halogens is 1. The molecular weight excluding hydrogens is 209 g/mol. The quantitative estimate of drug-likeness (QED) is 0.771. The lowest BCUT2D eigenvalue weighted by Crippen LogP contribution is -2.33. The lowest BCUT2D eigenvalue weighted by atomic mass is 10.2. The summed E-state index contributed by atoms with van der Waals surface area (Å²) >= 11 is 0. The number of nitrogens with zero attached hydrogens (tertiary/aromatic N) is 1. The molecule has 3 nitrogen and oxygen atoms in total. The van der Waals surface area contributed by atoms with E-state index in [9.17, 15) is 9.18 Å². The predicted molar refractivity (Wildman–Crippen MR) is 59.8 cm³/mol. The molecule has 1 aromatic rings. The number of alkyl halides is 1. The number of carbonyl (C=O) groups is 1. The molecule has 4 heteroatoms. The van der Waals surface area contributed by atoms with Gasteiger partial charge in [0.05, 0.1) is 6.54 Å². The molecule has 1 rings (SSSR count). The normalized spacial score (nSPS) is 9.88. The van der Waals surface area contributed by atoms with Crippen molar-refractivity contribution in [3.63, 3.8) is 0 Å². The van der Waals surface area contributed by atoms with Crippen LogP contribution in [-0.4, -0.2) is 30.8 Å². The summed E-state index contributed by atoms with van der Waals surface area (Å²) in [7, 11) is 0. The van der Waals surface area contributed by atoms with Gasteiger partial charge in [-0.2, -0.15) is 0 Å². The highest BCUT2D eigenvalue weighted by molar-refractivity contribution is 5.67. The highest BCUT2D eigenvalue weighted by atomic mass is 19.1. The van der Waals surface area contributed by atoms with Crippen molar-refractivity contribution in [2.75, 3.05) is 19.8 Å². The molecule has 0 N–H and O–H groups in total. The molecule has 0 aliphatic rings. The number of benzene rings is 1. The Labute approximate surface area is 94.8 Å². The summed E-state index contributed by atoms with van der Waals surface area (Å²) in [4.78, 5) is 12.8. The number of carbonyl (C=O) groups excluding carboxylic acids is 1. The van der Waals surface area contributed by atoms with Crippen molar-refractivity contribution in [2.45, 2.75) is 13.5 Å². The van der Waals surface area contributed by atoms with Crippen LogP contribution in [0.2, 0.25) is 0 Å². The summed E-state index contributed by atoms with van der Waals surface area (Å²) in [5.74, 6) is 0. The summed E-state index contributed by atoms with van der Waals surface area (Å²) < 4.78 is 17.2. The third kappa shape index (κ3) is 3.88. The zero-order valence-electron chi connectivity index (χ0n) is 9.36.